The standard InChI is InChI=1S/C21H19NO4/c1-2-21(15-6-10-19(23)11-7-15,16-8-12-20(24)13-9-16)17-4-3-5-18(14-17)22(25)26/h3-14,23-24H,2H2,1H3. The molecule has 0 aromatic heterocycles. The molecule has 0 atom stereocenters. The Hall–Kier alpha value is -3.34. The molecule has 0 saturated carbocycles. The lowest BCUT2D eigenvalue weighted by molar-refractivity contribution is -0.384. The highest BCUT2D eigenvalue weighted by Gasteiger charge is 2.35. The summed E-state index contributed by atoms with van der Waals surface area (Å²) in [6.45, 7) is 2.01. The molecule has 0 unspecified atom stereocenters. The second-order valence-electron chi connectivity index (χ2n) is 6.16. The van der Waals surface area contributed by atoms with E-state index in [1.165, 1.54) is 6.07 Å². The molecule has 3 rings (SSSR count). The van der Waals surface area contributed by atoms with Crippen LogP contribution in [0.5, 0.6) is 11.5 Å². The summed E-state index contributed by atoms with van der Waals surface area (Å²) < 4.78 is 0. The summed E-state index contributed by atoms with van der Waals surface area (Å²) in [4.78, 5) is 10.9. The van der Waals surface area contributed by atoms with Crippen LogP contribution in [0, 0.1) is 10.1 Å². The largest absolute Gasteiger partial charge is 0.508 e. The summed E-state index contributed by atoms with van der Waals surface area (Å²) in [5.74, 6) is 0.312. The van der Waals surface area contributed by atoms with Gasteiger partial charge in [0.1, 0.15) is 11.5 Å². The number of phenolic OH excluding ortho intramolecular Hbond substituents is 2. The number of aromatic hydroxyl groups is 2. The van der Waals surface area contributed by atoms with Gasteiger partial charge in [0.05, 0.1) is 4.92 Å². The van der Waals surface area contributed by atoms with Gasteiger partial charge in [-0.1, -0.05) is 43.3 Å². The van der Waals surface area contributed by atoms with Gasteiger partial charge in [0.25, 0.3) is 5.69 Å². The van der Waals surface area contributed by atoms with Crippen LogP contribution in [0.1, 0.15) is 30.0 Å². The molecular weight excluding hydrogens is 330 g/mol. The number of benzene rings is 3. The lowest BCUT2D eigenvalue weighted by Gasteiger charge is -2.35. The van der Waals surface area contributed by atoms with E-state index in [-0.39, 0.29) is 17.2 Å². The summed E-state index contributed by atoms with van der Waals surface area (Å²) in [6, 6.07) is 20.3. The van der Waals surface area contributed by atoms with Crippen LogP contribution in [0.2, 0.25) is 0 Å². The van der Waals surface area contributed by atoms with Crippen molar-refractivity contribution in [3.63, 3.8) is 0 Å². The quantitative estimate of drug-likeness (QED) is 0.395. The predicted molar refractivity (Wildman–Crippen MR) is 99.5 cm³/mol. The minimum atomic E-state index is -0.645. The zero-order valence-electron chi connectivity index (χ0n) is 14.3. The fourth-order valence-corrected chi connectivity index (χ4v) is 3.49. The molecule has 2 N–H and O–H groups in total. The van der Waals surface area contributed by atoms with Crippen LogP contribution in [0.3, 0.4) is 0 Å². The van der Waals surface area contributed by atoms with Gasteiger partial charge in [-0.2, -0.15) is 0 Å². The van der Waals surface area contributed by atoms with Crippen molar-refractivity contribution in [2.75, 3.05) is 0 Å². The van der Waals surface area contributed by atoms with E-state index < -0.39 is 10.3 Å². The van der Waals surface area contributed by atoms with E-state index in [0.29, 0.717) is 6.42 Å². The second kappa shape index (κ2) is 6.88. The van der Waals surface area contributed by atoms with Crippen LogP contribution < -0.4 is 0 Å². The van der Waals surface area contributed by atoms with E-state index in [9.17, 15) is 20.3 Å². The first-order valence-corrected chi connectivity index (χ1v) is 8.31. The maximum atomic E-state index is 11.3. The molecule has 3 aromatic rings. The zero-order chi connectivity index (χ0) is 18.7. The molecule has 0 aliphatic rings. The average molecular weight is 349 g/mol. The molecule has 0 heterocycles. The smallest absolute Gasteiger partial charge is 0.269 e. The Morgan fingerprint density at radius 1 is 0.846 bits per heavy atom. The maximum Gasteiger partial charge on any atom is 0.269 e. The first kappa shape index (κ1) is 17.5. The Morgan fingerprint density at radius 2 is 1.35 bits per heavy atom. The molecule has 0 aliphatic carbocycles. The van der Waals surface area contributed by atoms with Crippen molar-refractivity contribution in [1.82, 2.24) is 0 Å². The summed E-state index contributed by atoms with van der Waals surface area (Å²) in [7, 11) is 0. The summed E-state index contributed by atoms with van der Waals surface area (Å²) in [5.41, 5.74) is 1.98. The number of nitrogens with zero attached hydrogens (tertiary/aromatic N) is 1. The first-order valence-electron chi connectivity index (χ1n) is 8.31. The van der Waals surface area contributed by atoms with Gasteiger partial charge in [0.2, 0.25) is 0 Å². The van der Waals surface area contributed by atoms with Gasteiger partial charge in [-0.15, -0.1) is 0 Å². The van der Waals surface area contributed by atoms with Crippen molar-refractivity contribution in [3.05, 3.63) is 99.6 Å². The highest BCUT2D eigenvalue weighted by atomic mass is 16.6. The minimum Gasteiger partial charge on any atom is -0.508 e. The number of hydrogen-bond donors (Lipinski definition) is 2. The summed E-state index contributed by atoms with van der Waals surface area (Å²) in [5, 5.41) is 30.6. The monoisotopic (exact) mass is 349 g/mol. The molecule has 0 bridgehead atoms. The molecule has 3 aromatic carbocycles. The third kappa shape index (κ3) is 2.99. The number of nitro groups is 1. The van der Waals surface area contributed by atoms with E-state index in [0.717, 1.165) is 16.7 Å². The van der Waals surface area contributed by atoms with Gasteiger partial charge in [-0.05, 0) is 47.4 Å². The molecule has 0 fully saturated rings. The normalized spacial score (nSPS) is 11.3. The lowest BCUT2D eigenvalue weighted by atomic mass is 9.67. The van der Waals surface area contributed by atoms with Gasteiger partial charge in [-0.3, -0.25) is 10.1 Å². The fraction of sp³-hybridized carbons (Fsp3) is 0.143. The Labute approximate surface area is 151 Å². The van der Waals surface area contributed by atoms with Gasteiger partial charge in [0, 0.05) is 17.5 Å². The predicted octanol–water partition coefficient (Wildman–Crippen LogP) is 4.75. The van der Waals surface area contributed by atoms with E-state index in [1.807, 2.05) is 37.3 Å². The Kier molecular flexibility index (Phi) is 4.63. The molecule has 0 aliphatic heterocycles. The van der Waals surface area contributed by atoms with Crippen molar-refractivity contribution in [2.45, 2.75) is 18.8 Å². The Balaban J connectivity index is 2.30. The number of rotatable bonds is 5. The number of phenols is 2. The molecule has 0 saturated heterocycles. The van der Waals surface area contributed by atoms with Gasteiger partial charge in [-0.25, -0.2) is 0 Å². The van der Waals surface area contributed by atoms with E-state index in [4.69, 9.17) is 0 Å². The van der Waals surface area contributed by atoms with Gasteiger partial charge >= 0.3 is 0 Å². The van der Waals surface area contributed by atoms with Crippen molar-refractivity contribution in [3.8, 4) is 11.5 Å². The first-order chi connectivity index (χ1) is 12.5. The molecule has 0 amide bonds. The average Bonchev–Trinajstić information content (AvgIpc) is 2.65. The van der Waals surface area contributed by atoms with Crippen LogP contribution in [0.25, 0.3) is 0 Å². The van der Waals surface area contributed by atoms with Crippen molar-refractivity contribution in [1.29, 1.82) is 0 Å². The molecule has 5 nitrogen and oxygen atoms in total. The molecule has 26 heavy (non-hydrogen) atoms. The van der Waals surface area contributed by atoms with Gasteiger partial charge in [0.15, 0.2) is 0 Å². The van der Waals surface area contributed by atoms with Gasteiger partial charge < -0.3 is 10.2 Å². The van der Waals surface area contributed by atoms with E-state index >= 15 is 0 Å². The minimum absolute atomic E-state index is 0.0258. The fourth-order valence-electron chi connectivity index (χ4n) is 3.49. The molecular formula is C21H19NO4. The Bertz CT molecular complexity index is 872. The third-order valence-corrected chi connectivity index (χ3v) is 4.80. The lowest BCUT2D eigenvalue weighted by Crippen LogP contribution is -2.28. The highest BCUT2D eigenvalue weighted by molar-refractivity contribution is 5.54. The van der Waals surface area contributed by atoms with E-state index in [1.54, 1.807) is 36.4 Å². The Morgan fingerprint density at radius 3 is 1.77 bits per heavy atom. The molecule has 0 spiro atoms. The van der Waals surface area contributed by atoms with Crippen LogP contribution >= 0.6 is 0 Å². The number of non-ortho nitro benzene ring substituents is 1. The summed E-state index contributed by atoms with van der Waals surface area (Å²) >= 11 is 0. The van der Waals surface area contributed by atoms with Crippen molar-refractivity contribution < 1.29 is 15.1 Å². The van der Waals surface area contributed by atoms with Crippen LogP contribution in [-0.2, 0) is 5.41 Å². The maximum absolute atomic E-state index is 11.3. The van der Waals surface area contributed by atoms with E-state index in [2.05, 4.69) is 0 Å². The SMILES string of the molecule is CCC(c1ccc(O)cc1)(c1ccc(O)cc1)c1cccc([N+](=O)[O-])c1. The van der Waals surface area contributed by atoms with Crippen LogP contribution in [0.15, 0.2) is 72.8 Å². The van der Waals surface area contributed by atoms with Crippen molar-refractivity contribution >= 4 is 5.69 Å². The highest BCUT2D eigenvalue weighted by Crippen LogP contribution is 2.43. The summed E-state index contributed by atoms with van der Waals surface area (Å²) in [6.07, 6.45) is 0.643. The molecule has 0 radical (unpaired) electrons. The molecule has 5 heteroatoms. The van der Waals surface area contributed by atoms with Crippen molar-refractivity contribution in [2.24, 2.45) is 0 Å². The van der Waals surface area contributed by atoms with Crippen LogP contribution in [-0.4, -0.2) is 15.1 Å². The topological polar surface area (TPSA) is 83.6 Å². The number of nitro benzene ring substituents is 1. The second-order valence-corrected chi connectivity index (χ2v) is 6.16. The van der Waals surface area contributed by atoms with Crippen LogP contribution in [0.4, 0.5) is 5.69 Å². The molecule has 132 valence electrons. The zero-order valence-corrected chi connectivity index (χ0v) is 14.3. The number of hydrogen-bond acceptors (Lipinski definition) is 4. The third-order valence-electron chi connectivity index (χ3n) is 4.80.